The molecule has 0 unspecified atom stereocenters. The highest BCUT2D eigenvalue weighted by atomic mass is 16.5. The smallest absolute Gasteiger partial charge is 0.167 e. The van der Waals surface area contributed by atoms with Crippen molar-refractivity contribution in [3.63, 3.8) is 0 Å². The molecule has 12 nitrogen and oxygen atoms in total. The second-order valence-electron chi connectivity index (χ2n) is 33.2. The molecule has 0 spiro atoms. The first-order valence-corrected chi connectivity index (χ1v) is 34.0. The third-order valence-corrected chi connectivity index (χ3v) is 17.5. The van der Waals surface area contributed by atoms with Gasteiger partial charge in [0.1, 0.15) is 74.1 Å². The molecule has 12 heteroatoms. The van der Waals surface area contributed by atoms with Crippen molar-refractivity contribution in [1.29, 1.82) is 0 Å². The lowest BCUT2D eigenvalue weighted by Crippen LogP contribution is -2.19. The molecule has 1 aliphatic carbocycles. The molecule has 6 aromatic carbocycles. The van der Waals surface area contributed by atoms with E-state index in [1.54, 1.807) is 0 Å². The Morgan fingerprint density at radius 1 is 0.219 bits per heavy atom. The van der Waals surface area contributed by atoms with Crippen molar-refractivity contribution in [2.75, 3.05) is 39.6 Å². The number of carbonyl (C=O) groups is 6. The highest BCUT2D eigenvalue weighted by Gasteiger charge is 2.32. The largest absolute Gasteiger partial charge is 0.485 e. The second kappa shape index (κ2) is 29.5. The van der Waals surface area contributed by atoms with Gasteiger partial charge in [-0.25, -0.2) is 0 Å². The number of rotatable bonds is 18. The summed E-state index contributed by atoms with van der Waals surface area (Å²) in [7, 11) is 0. The molecule has 0 fully saturated rings. The molecule has 516 valence electrons. The number of ether oxygens (including phenoxy) is 6. The van der Waals surface area contributed by atoms with E-state index in [4.69, 9.17) is 28.4 Å². The molecule has 0 atom stereocenters. The summed E-state index contributed by atoms with van der Waals surface area (Å²) in [5.74, 6) is 2.08. The van der Waals surface area contributed by atoms with Crippen molar-refractivity contribution < 1.29 is 57.2 Å². The molecule has 1 aliphatic rings. The Hall–Kier alpha value is -7.86. The van der Waals surface area contributed by atoms with Crippen molar-refractivity contribution in [1.82, 2.24) is 0 Å². The second-order valence-corrected chi connectivity index (χ2v) is 33.2. The van der Waals surface area contributed by atoms with E-state index in [-0.39, 0.29) is 113 Å². The lowest BCUT2D eigenvalue weighted by Gasteiger charge is -2.29. The molecule has 7 rings (SSSR count). The minimum atomic E-state index is -0.406. The van der Waals surface area contributed by atoms with Gasteiger partial charge in [0.2, 0.25) is 0 Å². The number of fused-ring (bicyclic) bond motifs is 12. The van der Waals surface area contributed by atoms with Gasteiger partial charge in [-0.05, 0) is 174 Å². The molecule has 12 bridgehead atoms. The lowest BCUT2D eigenvalue weighted by molar-refractivity contribution is -0.119. The summed E-state index contributed by atoms with van der Waals surface area (Å²) in [4.78, 5) is 79.9. The first kappa shape index (κ1) is 75.5. The summed E-state index contributed by atoms with van der Waals surface area (Å²) < 4.78 is 41.2. The third kappa shape index (κ3) is 19.7. The van der Waals surface area contributed by atoms with Crippen LogP contribution in [0.25, 0.3) is 0 Å². The quantitative estimate of drug-likeness (QED) is 0.0802. The van der Waals surface area contributed by atoms with Gasteiger partial charge in [0.05, 0.1) is 0 Å². The zero-order chi connectivity index (χ0) is 71.5. The van der Waals surface area contributed by atoms with Gasteiger partial charge in [-0.2, -0.15) is 0 Å². The summed E-state index contributed by atoms with van der Waals surface area (Å²) in [6.07, 6.45) is 1.51. The van der Waals surface area contributed by atoms with Crippen molar-refractivity contribution in [2.45, 2.75) is 237 Å². The maximum atomic E-state index is 13.3. The highest BCUT2D eigenvalue weighted by molar-refractivity contribution is 5.80. The van der Waals surface area contributed by atoms with Gasteiger partial charge in [-0.1, -0.05) is 197 Å². The summed E-state index contributed by atoms with van der Waals surface area (Å²) in [5, 5.41) is 0. The normalized spacial score (nSPS) is 13.2. The topological polar surface area (TPSA) is 158 Å². The van der Waals surface area contributed by atoms with E-state index in [2.05, 4.69) is 197 Å². The monoisotopic (exact) mass is 1310 g/mol. The van der Waals surface area contributed by atoms with Crippen LogP contribution >= 0.6 is 0 Å². The minimum absolute atomic E-state index is 0.169. The average Bonchev–Trinajstić information content (AvgIpc) is 0.776. The predicted molar refractivity (Wildman–Crippen MR) is 385 cm³/mol. The van der Waals surface area contributed by atoms with Crippen molar-refractivity contribution >= 4 is 34.7 Å². The van der Waals surface area contributed by atoms with Crippen LogP contribution in [0.15, 0.2) is 72.8 Å². The van der Waals surface area contributed by atoms with Gasteiger partial charge in [-0.15, -0.1) is 0 Å². The Kier molecular flexibility index (Phi) is 23.2. The zero-order valence-corrected chi connectivity index (χ0v) is 62.3. The molecule has 0 aromatic heterocycles. The van der Waals surface area contributed by atoms with Gasteiger partial charge in [-0.3, -0.25) is 28.8 Å². The highest BCUT2D eigenvalue weighted by Crippen LogP contribution is 2.47. The van der Waals surface area contributed by atoms with Gasteiger partial charge < -0.3 is 28.4 Å². The molecule has 0 radical (unpaired) electrons. The fourth-order valence-electron chi connectivity index (χ4n) is 12.1. The van der Waals surface area contributed by atoms with Crippen LogP contribution in [0.3, 0.4) is 0 Å². The minimum Gasteiger partial charge on any atom is -0.485 e. The van der Waals surface area contributed by atoms with Crippen LogP contribution in [0.4, 0.5) is 0 Å². The number of hydrogen-bond acceptors (Lipinski definition) is 12. The first-order valence-electron chi connectivity index (χ1n) is 34.0. The summed E-state index contributed by atoms with van der Waals surface area (Å²) in [6, 6.07) is 25.9. The number of ketones is 6. The number of carbonyl (C=O) groups excluding carboxylic acids is 6. The molecule has 0 saturated carbocycles. The molecule has 0 amide bonds. The van der Waals surface area contributed by atoms with Gasteiger partial charge >= 0.3 is 0 Å². The number of Topliss-reactive ketones (excluding diaryl/α,β-unsaturated/α-hetero) is 6. The van der Waals surface area contributed by atoms with E-state index in [0.717, 1.165) is 100 Å². The molecular weight excluding hydrogens is 1200 g/mol. The number of hydrogen-bond donors (Lipinski definition) is 0. The fourth-order valence-corrected chi connectivity index (χ4v) is 12.1. The van der Waals surface area contributed by atoms with E-state index < -0.39 is 32.5 Å². The third-order valence-electron chi connectivity index (χ3n) is 17.5. The Balaban J connectivity index is 1.78. The van der Waals surface area contributed by atoms with E-state index in [1.165, 1.54) is 41.5 Å². The van der Waals surface area contributed by atoms with Crippen molar-refractivity contribution in [2.24, 2.45) is 0 Å². The maximum Gasteiger partial charge on any atom is 0.167 e. The zero-order valence-electron chi connectivity index (χ0n) is 62.3. The standard InChI is InChI=1S/C84H108O12/c1-49(85)43-91-73-55-25-57-33-68(80(10,11)12)35-59(74(57)92-44-50(2)86)27-61-37-70(82(16,17)18)39-63(76(61)94-46-52(4)88)29-65-41-72(84(22,23)24)42-66(78(65)96-48-54(6)90)30-64-40-71(83(19,20)21)38-62(77(64)95-47-53(5)89)28-60-36-69(81(13,14)15)34-58(75(60)93-45-51(3)87)26-56(73)32-67(31-55)79(7,8)9/h31-42H,25-30,43-48H2,1-24H3. The molecule has 0 saturated heterocycles. The van der Waals surface area contributed by atoms with Crippen LogP contribution in [-0.4, -0.2) is 74.3 Å². The van der Waals surface area contributed by atoms with Crippen LogP contribution in [0.2, 0.25) is 0 Å². The van der Waals surface area contributed by atoms with Crippen LogP contribution in [0, 0.1) is 0 Å². The van der Waals surface area contributed by atoms with Crippen LogP contribution in [0.1, 0.15) is 266 Å². The molecule has 0 heterocycles. The molecule has 0 aliphatic heterocycles. The maximum absolute atomic E-state index is 13.3. The molecule has 6 aromatic rings. The lowest BCUT2D eigenvalue weighted by atomic mass is 9.79. The summed E-state index contributed by atoms with van der Waals surface area (Å²) in [5.41, 5.74) is 13.1. The van der Waals surface area contributed by atoms with E-state index in [9.17, 15) is 28.8 Å². The van der Waals surface area contributed by atoms with Crippen LogP contribution < -0.4 is 28.4 Å². The Morgan fingerprint density at radius 3 is 0.385 bits per heavy atom. The first-order chi connectivity index (χ1) is 44.3. The number of benzene rings is 6. The van der Waals surface area contributed by atoms with Gasteiger partial charge in [0.15, 0.2) is 34.7 Å². The Morgan fingerprint density at radius 2 is 0.312 bits per heavy atom. The van der Waals surface area contributed by atoms with E-state index in [1.807, 2.05) is 0 Å². The van der Waals surface area contributed by atoms with Crippen LogP contribution in [0.5, 0.6) is 34.5 Å². The molecular formula is C84H108O12. The van der Waals surface area contributed by atoms with E-state index in [0.29, 0.717) is 34.5 Å². The SMILES string of the molecule is CC(=O)COc1c2cc(C(C)(C)C)cc1Cc1cc(C(C)(C)C)cc(c1OCC(C)=O)Cc1cc(C(C)(C)C)cc(c1OCC(C)=O)Cc1cc(C(C)(C)C)cc(c1OCC(C)=O)Cc1cc(C(C)(C)C)cc(c1OCC(C)=O)Cc1cc(C(C)(C)C)cc(c1OCC(C)=O)C2. The summed E-state index contributed by atoms with van der Waals surface area (Å²) in [6.45, 7) is 46.8. The van der Waals surface area contributed by atoms with Crippen LogP contribution in [-0.2, 0) is 99.8 Å². The van der Waals surface area contributed by atoms with Crippen molar-refractivity contribution in [3.05, 3.63) is 173 Å². The summed E-state index contributed by atoms with van der Waals surface area (Å²) >= 11 is 0. The fraction of sp³-hybridized carbons (Fsp3) is 0.500. The van der Waals surface area contributed by atoms with Crippen molar-refractivity contribution in [3.8, 4) is 34.5 Å². The predicted octanol–water partition coefficient (Wildman–Crippen LogP) is 17.1. The average molecular weight is 1310 g/mol. The van der Waals surface area contributed by atoms with E-state index >= 15 is 0 Å². The Labute approximate surface area is 573 Å². The molecule has 96 heavy (non-hydrogen) atoms. The van der Waals surface area contributed by atoms with Gasteiger partial charge in [0, 0.05) is 38.5 Å². The Bertz CT molecular complexity index is 3160. The molecule has 0 N–H and O–H groups in total. The van der Waals surface area contributed by atoms with Gasteiger partial charge in [0.25, 0.3) is 0 Å².